The zero-order valence-electron chi connectivity index (χ0n) is 32.8. The molecule has 4 rings (SSSR count). The second kappa shape index (κ2) is 16.9. The van der Waals surface area contributed by atoms with Crippen LogP contribution in [-0.2, 0) is 29.0 Å². The van der Waals surface area contributed by atoms with E-state index in [9.17, 15) is 38.7 Å². The Hall–Kier alpha value is -2.24. The Morgan fingerprint density at radius 2 is 1.60 bits per heavy atom. The third kappa shape index (κ3) is 9.25. The molecular weight excluding hydrogens is 704 g/mol. The fourth-order valence-corrected chi connectivity index (χ4v) is 9.67. The highest BCUT2D eigenvalue weighted by molar-refractivity contribution is 7.89. The van der Waals surface area contributed by atoms with Gasteiger partial charge in [-0.05, 0) is 89.8 Å². The molecule has 2 aliphatic heterocycles. The van der Waals surface area contributed by atoms with Crippen LogP contribution in [0.25, 0.3) is 10.8 Å². The van der Waals surface area contributed by atoms with E-state index in [-0.39, 0.29) is 30.1 Å². The van der Waals surface area contributed by atoms with E-state index in [4.69, 9.17) is 14.2 Å². The van der Waals surface area contributed by atoms with Crippen LogP contribution in [0.3, 0.4) is 0 Å². The molecule has 0 bridgehead atoms. The third-order valence-electron chi connectivity index (χ3n) is 11.7. The molecule has 0 spiro atoms. The van der Waals surface area contributed by atoms with Crippen LogP contribution in [0.2, 0.25) is 0 Å². The van der Waals surface area contributed by atoms with Gasteiger partial charge in [0.15, 0.2) is 6.29 Å². The molecular formula is C39H62N2O11S. The lowest BCUT2D eigenvalue weighted by atomic mass is 9.78. The molecule has 14 atom stereocenters. The van der Waals surface area contributed by atoms with Gasteiger partial charge in [-0.2, -0.15) is 4.31 Å². The van der Waals surface area contributed by atoms with Crippen molar-refractivity contribution >= 4 is 26.8 Å². The van der Waals surface area contributed by atoms with Crippen molar-refractivity contribution in [2.24, 2.45) is 17.8 Å². The maximum Gasteiger partial charge on any atom is 0.311 e. The second-order valence-electron chi connectivity index (χ2n) is 16.2. The zero-order valence-corrected chi connectivity index (χ0v) is 33.6. The summed E-state index contributed by atoms with van der Waals surface area (Å²) in [4.78, 5) is 15.4. The van der Waals surface area contributed by atoms with Crippen molar-refractivity contribution in [3.8, 4) is 0 Å². The van der Waals surface area contributed by atoms with Gasteiger partial charge >= 0.3 is 5.97 Å². The monoisotopic (exact) mass is 766 g/mol. The topological polar surface area (TPSA) is 187 Å². The third-order valence-corrected chi connectivity index (χ3v) is 13.5. The zero-order chi connectivity index (χ0) is 39.8. The van der Waals surface area contributed by atoms with Crippen LogP contribution in [0.5, 0.6) is 0 Å². The molecule has 0 aliphatic carbocycles. The molecule has 300 valence electrons. The van der Waals surface area contributed by atoms with E-state index in [2.05, 4.69) is 0 Å². The highest BCUT2D eigenvalue weighted by Crippen LogP contribution is 2.37. The highest BCUT2D eigenvalue weighted by Gasteiger charge is 2.50. The average Bonchev–Trinajstić information content (AvgIpc) is 3.10. The fourth-order valence-electron chi connectivity index (χ4n) is 8.26. The number of aliphatic hydroxyl groups is 5. The van der Waals surface area contributed by atoms with Crippen molar-refractivity contribution in [1.29, 1.82) is 0 Å². The van der Waals surface area contributed by atoms with Crippen LogP contribution < -0.4 is 0 Å². The number of carbonyl (C=O) groups excluding carboxylic acids is 1. The summed E-state index contributed by atoms with van der Waals surface area (Å²) in [6, 6.07) is 10.7. The molecule has 5 N–H and O–H groups in total. The van der Waals surface area contributed by atoms with Crippen LogP contribution in [-0.4, -0.2) is 136 Å². The van der Waals surface area contributed by atoms with E-state index in [1.54, 1.807) is 53.8 Å². The number of hydrogen-bond donors (Lipinski definition) is 5. The summed E-state index contributed by atoms with van der Waals surface area (Å²) in [7, 11) is -0.892. The normalized spacial score (nSPS) is 40.4. The second-order valence-corrected chi connectivity index (χ2v) is 18.2. The number of nitrogens with zero attached hydrogens (tertiary/aromatic N) is 2. The van der Waals surface area contributed by atoms with Crippen molar-refractivity contribution in [3.05, 3.63) is 42.5 Å². The van der Waals surface area contributed by atoms with Crippen molar-refractivity contribution in [2.75, 3.05) is 20.6 Å². The molecule has 2 saturated heterocycles. The van der Waals surface area contributed by atoms with Crippen molar-refractivity contribution in [2.45, 2.75) is 146 Å². The number of likely N-dealkylation sites (N-methyl/N-ethyl adjacent to an activating group) is 2. The predicted molar refractivity (Wildman–Crippen MR) is 200 cm³/mol. The first-order valence-corrected chi connectivity index (χ1v) is 20.2. The fraction of sp³-hybridized carbons (Fsp3) is 0.718. The van der Waals surface area contributed by atoms with Crippen LogP contribution in [0.1, 0.15) is 74.7 Å². The van der Waals surface area contributed by atoms with Gasteiger partial charge in [0.25, 0.3) is 0 Å². The smallest absolute Gasteiger partial charge is 0.311 e. The largest absolute Gasteiger partial charge is 0.459 e. The number of benzene rings is 2. The molecule has 14 heteroatoms. The molecule has 2 aromatic carbocycles. The van der Waals surface area contributed by atoms with E-state index in [1.807, 2.05) is 36.1 Å². The summed E-state index contributed by atoms with van der Waals surface area (Å²) in [6.07, 6.45) is -8.05. The maximum absolute atomic E-state index is 14.0. The number of ether oxygens (including phenoxy) is 3. The number of esters is 1. The van der Waals surface area contributed by atoms with E-state index in [1.165, 1.54) is 27.0 Å². The number of fused-ring (bicyclic) bond motifs is 1. The summed E-state index contributed by atoms with van der Waals surface area (Å²) in [5.41, 5.74) is -3.49. The summed E-state index contributed by atoms with van der Waals surface area (Å²) in [5.74, 6) is -3.12. The van der Waals surface area contributed by atoms with E-state index in [0.29, 0.717) is 6.54 Å². The number of rotatable bonds is 6. The summed E-state index contributed by atoms with van der Waals surface area (Å²) >= 11 is 0. The van der Waals surface area contributed by atoms with E-state index >= 15 is 0 Å². The summed E-state index contributed by atoms with van der Waals surface area (Å²) in [6.45, 7) is 13.6. The Morgan fingerprint density at radius 3 is 2.23 bits per heavy atom. The Labute approximate surface area is 314 Å². The average molecular weight is 767 g/mol. The lowest BCUT2D eigenvalue weighted by Crippen LogP contribution is -2.60. The van der Waals surface area contributed by atoms with Gasteiger partial charge in [0, 0.05) is 25.6 Å². The molecule has 2 fully saturated rings. The number of carbonyl (C=O) groups is 1. The van der Waals surface area contributed by atoms with E-state index < -0.39 is 94.0 Å². The molecule has 53 heavy (non-hydrogen) atoms. The molecule has 0 unspecified atom stereocenters. The molecule has 2 aromatic rings. The van der Waals surface area contributed by atoms with Crippen molar-refractivity contribution < 1.29 is 53.0 Å². The summed E-state index contributed by atoms with van der Waals surface area (Å²) < 4.78 is 47.3. The minimum absolute atomic E-state index is 0.0671. The summed E-state index contributed by atoms with van der Waals surface area (Å²) in [5, 5.41) is 60.0. The predicted octanol–water partition coefficient (Wildman–Crippen LogP) is 2.89. The van der Waals surface area contributed by atoms with E-state index in [0.717, 1.165) is 15.1 Å². The number of hydrogen-bond acceptors (Lipinski definition) is 12. The van der Waals surface area contributed by atoms with Gasteiger partial charge < -0.3 is 44.6 Å². The van der Waals surface area contributed by atoms with Crippen LogP contribution in [0.4, 0.5) is 0 Å². The molecule has 0 radical (unpaired) electrons. The van der Waals surface area contributed by atoms with Gasteiger partial charge in [-0.3, -0.25) is 4.79 Å². The van der Waals surface area contributed by atoms with Crippen LogP contribution in [0, 0.1) is 17.8 Å². The first-order chi connectivity index (χ1) is 24.5. The van der Waals surface area contributed by atoms with Crippen LogP contribution >= 0.6 is 0 Å². The van der Waals surface area contributed by atoms with Crippen LogP contribution in [0.15, 0.2) is 47.4 Å². The van der Waals surface area contributed by atoms with Gasteiger partial charge in [0.1, 0.15) is 23.9 Å². The number of cyclic esters (lactones) is 1. The standard InChI is InChI=1S/C39H62N2O11S/c1-11-31-39(8,47)34(44)26(6)40(9)21-22(2)20-38(7,46)35(24(4)32(42)25(5)36(45)51-31)52-37-33(43)30(18-23(3)50-37)41(10)53(48,49)29-17-16-27-14-12-13-15-28(27)19-29/h12-17,19,22-26,30-35,37,42-44,46-47H,11,18,20-21H2,1-10H3/t22-,23-,24+,25-,26-,30-,31-,32+,33-,34-,35-,37-,38+,39-/m1/s1. The molecule has 0 aromatic heterocycles. The first-order valence-electron chi connectivity index (χ1n) is 18.7. The Morgan fingerprint density at radius 1 is 0.981 bits per heavy atom. The van der Waals surface area contributed by atoms with Crippen molar-refractivity contribution in [3.63, 3.8) is 0 Å². The van der Waals surface area contributed by atoms with Gasteiger partial charge in [0.2, 0.25) is 10.0 Å². The van der Waals surface area contributed by atoms with Gasteiger partial charge in [0.05, 0.1) is 40.8 Å². The molecule has 2 heterocycles. The minimum Gasteiger partial charge on any atom is -0.459 e. The SMILES string of the molecule is CC[C@H]1OC(=O)[C@H](C)[C@@H](O)[C@H](C)[C@@H](O[C@H]2O[C@H](C)C[C@@H](N(C)S(=O)(=O)c3ccc4ccccc4c3)[C@H]2O)[C@@](C)(O)C[C@@H](C)CN(C)[C@H](C)[C@@H](O)[C@]1(C)O. The lowest BCUT2D eigenvalue weighted by Gasteiger charge is -2.46. The molecule has 13 nitrogen and oxygen atoms in total. The lowest BCUT2D eigenvalue weighted by molar-refractivity contribution is -0.297. The first kappa shape index (κ1) is 43.5. The molecule has 0 amide bonds. The van der Waals surface area contributed by atoms with Gasteiger partial charge in [-0.15, -0.1) is 0 Å². The van der Waals surface area contributed by atoms with Gasteiger partial charge in [-0.1, -0.05) is 51.1 Å². The molecule has 2 aliphatic rings. The maximum atomic E-state index is 14.0. The minimum atomic E-state index is -4.09. The van der Waals surface area contributed by atoms with Gasteiger partial charge in [-0.25, -0.2) is 8.42 Å². The Bertz CT molecular complexity index is 1650. The number of aliphatic hydroxyl groups excluding tert-OH is 3. The number of sulfonamides is 1. The Kier molecular flexibility index (Phi) is 13.8. The Balaban J connectivity index is 1.67. The highest BCUT2D eigenvalue weighted by atomic mass is 32.2. The van der Waals surface area contributed by atoms with Crippen molar-refractivity contribution in [1.82, 2.24) is 9.21 Å². The quantitative estimate of drug-likeness (QED) is 0.271. The molecule has 0 saturated carbocycles.